The summed E-state index contributed by atoms with van der Waals surface area (Å²) < 4.78 is 43.6. The summed E-state index contributed by atoms with van der Waals surface area (Å²) in [6.07, 6.45) is -0.293. The summed E-state index contributed by atoms with van der Waals surface area (Å²) in [6, 6.07) is 2.05. The highest BCUT2D eigenvalue weighted by atomic mass is 32.2. The van der Waals surface area contributed by atoms with Crippen molar-refractivity contribution < 1.29 is 22.4 Å². The molecule has 0 fully saturated rings. The monoisotopic (exact) mass is 316 g/mol. The van der Waals surface area contributed by atoms with E-state index >= 15 is 0 Å². The molecule has 8 heteroatoms. The molecular formula is C13H11F3N2O2S. The number of carbonyl (C=O) groups excluding carboxylic acids is 1. The van der Waals surface area contributed by atoms with Gasteiger partial charge in [0, 0.05) is 10.5 Å². The third-order valence-electron chi connectivity index (χ3n) is 2.81. The molecule has 0 bridgehead atoms. The van der Waals surface area contributed by atoms with Gasteiger partial charge in [0.05, 0.1) is 11.8 Å². The first-order valence-corrected chi connectivity index (χ1v) is 7.02. The van der Waals surface area contributed by atoms with Gasteiger partial charge in [0.15, 0.2) is 0 Å². The molecule has 1 amide bonds. The summed E-state index contributed by atoms with van der Waals surface area (Å²) in [4.78, 5) is 15.8. The molecule has 0 saturated carbocycles. The van der Waals surface area contributed by atoms with E-state index in [1.807, 2.05) is 0 Å². The molecule has 1 aromatic heterocycles. The minimum absolute atomic E-state index is 0.00926. The Hall–Kier alpha value is -1.96. The maximum absolute atomic E-state index is 12.9. The number of nitrogens with zero attached hydrogens (tertiary/aromatic N) is 1. The van der Waals surface area contributed by atoms with E-state index in [0.29, 0.717) is 0 Å². The number of aromatic nitrogens is 1. The second kappa shape index (κ2) is 5.80. The highest BCUT2D eigenvalue weighted by Gasteiger charge is 2.34. The van der Waals surface area contributed by atoms with Crippen LogP contribution in [0.2, 0.25) is 0 Å². The average Bonchev–Trinajstić information content (AvgIpc) is 2.89. The van der Waals surface area contributed by atoms with Crippen LogP contribution in [0.4, 0.5) is 19.2 Å². The van der Waals surface area contributed by atoms with Crippen LogP contribution in [-0.4, -0.2) is 17.1 Å². The first kappa shape index (κ1) is 15.4. The van der Waals surface area contributed by atoms with Crippen LogP contribution < -0.4 is 5.32 Å². The summed E-state index contributed by atoms with van der Waals surface area (Å²) in [7, 11) is 0. The average molecular weight is 316 g/mol. The Balaban J connectivity index is 2.40. The van der Waals surface area contributed by atoms with Gasteiger partial charge in [0.2, 0.25) is 0 Å². The third kappa shape index (κ3) is 3.21. The lowest BCUT2D eigenvalue weighted by Gasteiger charge is -2.16. The highest BCUT2D eigenvalue weighted by Crippen LogP contribution is 2.38. The topological polar surface area (TPSA) is 55.1 Å². The number of hydrogen-bond donors (Lipinski definition) is 1. The Kier molecular flexibility index (Phi) is 4.26. The van der Waals surface area contributed by atoms with Crippen LogP contribution in [0.5, 0.6) is 0 Å². The summed E-state index contributed by atoms with van der Waals surface area (Å²) in [5.41, 5.74) is -0.341. The SMILES string of the molecule is CSc1c(C(F)(F)F)ccc(C(=O)Nc2ncco2)c1C. The molecule has 0 aliphatic rings. The molecule has 1 aromatic carbocycles. The van der Waals surface area contributed by atoms with Gasteiger partial charge in [-0.25, -0.2) is 4.98 Å². The van der Waals surface area contributed by atoms with Crippen molar-refractivity contribution in [1.29, 1.82) is 0 Å². The largest absolute Gasteiger partial charge is 0.432 e. The zero-order chi connectivity index (χ0) is 15.6. The lowest BCUT2D eigenvalue weighted by molar-refractivity contribution is -0.139. The Labute approximate surface area is 122 Å². The van der Waals surface area contributed by atoms with Crippen LogP contribution in [0.25, 0.3) is 0 Å². The van der Waals surface area contributed by atoms with Crippen molar-refractivity contribution in [1.82, 2.24) is 4.98 Å². The van der Waals surface area contributed by atoms with E-state index in [-0.39, 0.29) is 22.0 Å². The van der Waals surface area contributed by atoms with Crippen molar-refractivity contribution in [3.8, 4) is 0 Å². The minimum Gasteiger partial charge on any atom is -0.432 e. The molecule has 0 aliphatic carbocycles. The standard InChI is InChI=1S/C13H11F3N2O2S/c1-7-8(11(19)18-12-17-5-6-20-12)3-4-9(10(7)21-2)13(14,15)16/h3-6H,1-2H3,(H,17,18,19). The fourth-order valence-corrected chi connectivity index (χ4v) is 2.69. The van der Waals surface area contributed by atoms with E-state index in [2.05, 4.69) is 10.3 Å². The number of alkyl halides is 3. The second-order valence-electron chi connectivity index (χ2n) is 4.11. The zero-order valence-electron chi connectivity index (χ0n) is 11.1. The number of nitrogens with one attached hydrogen (secondary N) is 1. The van der Waals surface area contributed by atoms with Gasteiger partial charge in [-0.2, -0.15) is 13.2 Å². The summed E-state index contributed by atoms with van der Waals surface area (Å²) >= 11 is 0.949. The van der Waals surface area contributed by atoms with Gasteiger partial charge < -0.3 is 4.42 Å². The number of thioether (sulfide) groups is 1. The van der Waals surface area contributed by atoms with E-state index in [1.165, 1.54) is 25.6 Å². The molecule has 0 aliphatic heterocycles. The number of halogens is 3. The molecule has 2 aromatic rings. The second-order valence-corrected chi connectivity index (χ2v) is 4.92. The van der Waals surface area contributed by atoms with Crippen molar-refractivity contribution in [2.45, 2.75) is 18.0 Å². The van der Waals surface area contributed by atoms with E-state index in [0.717, 1.165) is 23.9 Å². The lowest BCUT2D eigenvalue weighted by atomic mass is 10.0. The van der Waals surface area contributed by atoms with Crippen LogP contribution in [0.1, 0.15) is 21.5 Å². The Morgan fingerprint density at radius 2 is 2.10 bits per heavy atom. The van der Waals surface area contributed by atoms with Crippen molar-refractivity contribution in [3.05, 3.63) is 41.3 Å². The first-order valence-electron chi connectivity index (χ1n) is 5.80. The third-order valence-corrected chi connectivity index (χ3v) is 3.75. The minimum atomic E-state index is -4.46. The van der Waals surface area contributed by atoms with E-state index in [1.54, 1.807) is 0 Å². The molecule has 0 atom stereocenters. The fraction of sp³-hybridized carbons (Fsp3) is 0.231. The molecule has 0 radical (unpaired) electrons. The van der Waals surface area contributed by atoms with Gasteiger partial charge >= 0.3 is 12.2 Å². The number of amides is 1. The van der Waals surface area contributed by atoms with Crippen LogP contribution in [0.3, 0.4) is 0 Å². The molecule has 21 heavy (non-hydrogen) atoms. The summed E-state index contributed by atoms with van der Waals surface area (Å²) in [5.74, 6) is -0.570. The number of carbonyl (C=O) groups is 1. The van der Waals surface area contributed by atoms with Crippen molar-refractivity contribution in [2.24, 2.45) is 0 Å². The van der Waals surface area contributed by atoms with Crippen LogP contribution >= 0.6 is 11.8 Å². The van der Waals surface area contributed by atoms with Gasteiger partial charge in [0.1, 0.15) is 6.26 Å². The lowest BCUT2D eigenvalue weighted by Crippen LogP contribution is -2.16. The van der Waals surface area contributed by atoms with E-state index in [4.69, 9.17) is 4.42 Å². The normalized spacial score (nSPS) is 11.5. The Bertz CT molecular complexity index is 654. The molecule has 1 heterocycles. The van der Waals surface area contributed by atoms with Gasteiger partial charge in [0.25, 0.3) is 5.91 Å². The summed E-state index contributed by atoms with van der Waals surface area (Å²) in [6.45, 7) is 1.48. The number of anilines is 1. The molecule has 2 rings (SSSR count). The van der Waals surface area contributed by atoms with E-state index < -0.39 is 17.6 Å². The van der Waals surface area contributed by atoms with Crippen LogP contribution in [0, 0.1) is 6.92 Å². The summed E-state index contributed by atoms with van der Waals surface area (Å²) in [5, 5.41) is 2.38. The molecule has 1 N–H and O–H groups in total. The molecule has 112 valence electrons. The van der Waals surface area contributed by atoms with Gasteiger partial charge in [-0.3, -0.25) is 10.1 Å². The van der Waals surface area contributed by atoms with E-state index in [9.17, 15) is 18.0 Å². The molecule has 0 unspecified atom stereocenters. The number of oxazole rings is 1. The maximum atomic E-state index is 12.9. The molecular weight excluding hydrogens is 305 g/mol. The van der Waals surface area contributed by atoms with Gasteiger partial charge in [-0.1, -0.05) is 0 Å². The predicted octanol–water partition coefficient (Wildman–Crippen LogP) is 3.98. The van der Waals surface area contributed by atoms with Crippen LogP contribution in [0.15, 0.2) is 33.9 Å². The Morgan fingerprint density at radius 3 is 2.62 bits per heavy atom. The smallest absolute Gasteiger partial charge is 0.417 e. The Morgan fingerprint density at radius 1 is 1.38 bits per heavy atom. The van der Waals surface area contributed by atoms with Gasteiger partial charge in [-0.15, -0.1) is 11.8 Å². The van der Waals surface area contributed by atoms with Crippen molar-refractivity contribution in [3.63, 3.8) is 0 Å². The number of rotatable bonds is 3. The molecule has 4 nitrogen and oxygen atoms in total. The van der Waals surface area contributed by atoms with Crippen molar-refractivity contribution >= 4 is 23.7 Å². The molecule has 0 spiro atoms. The van der Waals surface area contributed by atoms with Crippen LogP contribution in [-0.2, 0) is 6.18 Å². The molecule has 0 saturated heterocycles. The predicted molar refractivity (Wildman–Crippen MR) is 72.4 cm³/mol. The number of hydrogen-bond acceptors (Lipinski definition) is 4. The highest BCUT2D eigenvalue weighted by molar-refractivity contribution is 7.98. The van der Waals surface area contributed by atoms with Crippen molar-refractivity contribution in [2.75, 3.05) is 11.6 Å². The number of benzene rings is 1. The maximum Gasteiger partial charge on any atom is 0.417 e. The first-order chi connectivity index (χ1) is 9.84. The fourth-order valence-electron chi connectivity index (χ4n) is 1.87. The van der Waals surface area contributed by atoms with Gasteiger partial charge in [-0.05, 0) is 30.9 Å². The zero-order valence-corrected chi connectivity index (χ0v) is 11.9. The quantitative estimate of drug-likeness (QED) is 0.870.